The van der Waals surface area contributed by atoms with E-state index in [4.69, 9.17) is 15.2 Å². The third-order valence-corrected chi connectivity index (χ3v) is 3.69. The summed E-state index contributed by atoms with van der Waals surface area (Å²) in [5, 5.41) is 3.30. The van der Waals surface area contributed by atoms with Gasteiger partial charge in [0.25, 0.3) is 0 Å². The van der Waals surface area contributed by atoms with Crippen molar-refractivity contribution >= 4 is 16.6 Å². The molecule has 136 valence electrons. The largest absolute Gasteiger partial charge is 0.492 e. The highest BCUT2D eigenvalue weighted by Gasteiger charge is 2.15. The Morgan fingerprint density at radius 3 is 2.54 bits per heavy atom. The van der Waals surface area contributed by atoms with Crippen LogP contribution in [0.3, 0.4) is 0 Å². The molecule has 3 aromatic rings. The van der Waals surface area contributed by atoms with Gasteiger partial charge in [-0.3, -0.25) is 4.98 Å². The van der Waals surface area contributed by atoms with Crippen molar-refractivity contribution in [3.8, 4) is 17.2 Å². The number of nitrogens with zero attached hydrogens (tertiary/aromatic N) is 1. The van der Waals surface area contributed by atoms with E-state index in [0.29, 0.717) is 34.7 Å². The van der Waals surface area contributed by atoms with E-state index >= 15 is 0 Å². The van der Waals surface area contributed by atoms with Crippen molar-refractivity contribution in [2.24, 2.45) is 5.73 Å². The summed E-state index contributed by atoms with van der Waals surface area (Å²) >= 11 is 0. The number of anilines is 1. The van der Waals surface area contributed by atoms with Crippen LogP contribution in [0.4, 0.5) is 14.5 Å². The molecular formula is C19H19F2N3O2. The van der Waals surface area contributed by atoms with Crippen LogP contribution in [0.5, 0.6) is 17.2 Å². The predicted molar refractivity (Wildman–Crippen MR) is 96.9 cm³/mol. The Hall–Kier alpha value is -2.93. The molecule has 1 heterocycles. The Morgan fingerprint density at radius 2 is 1.88 bits per heavy atom. The molecule has 0 radical (unpaired) electrons. The smallest absolute Gasteiger partial charge is 0.198 e. The first-order valence-corrected chi connectivity index (χ1v) is 8.09. The van der Waals surface area contributed by atoms with Crippen molar-refractivity contribution in [3.05, 3.63) is 54.2 Å². The number of fused-ring (bicyclic) bond motifs is 1. The van der Waals surface area contributed by atoms with E-state index in [1.165, 1.54) is 18.3 Å². The fourth-order valence-electron chi connectivity index (χ4n) is 2.42. The summed E-state index contributed by atoms with van der Waals surface area (Å²) in [6.07, 6.45) is 1.50. The topological polar surface area (TPSA) is 69.4 Å². The van der Waals surface area contributed by atoms with Gasteiger partial charge in [-0.15, -0.1) is 0 Å². The second-order valence-corrected chi connectivity index (χ2v) is 5.90. The van der Waals surface area contributed by atoms with Crippen LogP contribution in [-0.4, -0.2) is 24.7 Å². The third-order valence-electron chi connectivity index (χ3n) is 3.69. The van der Waals surface area contributed by atoms with Crippen LogP contribution in [0.1, 0.15) is 6.92 Å². The summed E-state index contributed by atoms with van der Waals surface area (Å²) in [5.74, 6) is -1.15. The molecule has 1 aromatic heterocycles. The highest BCUT2D eigenvalue weighted by molar-refractivity contribution is 5.86. The number of rotatable bonds is 6. The molecule has 26 heavy (non-hydrogen) atoms. The van der Waals surface area contributed by atoms with E-state index in [0.717, 1.165) is 0 Å². The van der Waals surface area contributed by atoms with Crippen LogP contribution in [0.25, 0.3) is 10.9 Å². The maximum atomic E-state index is 14.2. The van der Waals surface area contributed by atoms with Crippen LogP contribution in [-0.2, 0) is 0 Å². The first-order chi connectivity index (χ1) is 12.5. The van der Waals surface area contributed by atoms with Crippen molar-refractivity contribution in [1.82, 2.24) is 4.98 Å². The molecule has 0 amide bonds. The number of ether oxygens (including phenoxy) is 2. The molecular weight excluding hydrogens is 340 g/mol. The van der Waals surface area contributed by atoms with E-state index in [1.807, 2.05) is 6.92 Å². The maximum Gasteiger partial charge on any atom is 0.198 e. The molecule has 0 spiro atoms. The van der Waals surface area contributed by atoms with E-state index in [2.05, 4.69) is 10.3 Å². The quantitative estimate of drug-likeness (QED) is 0.694. The lowest BCUT2D eigenvalue weighted by Gasteiger charge is -2.13. The highest BCUT2D eigenvalue weighted by atomic mass is 19.1. The Morgan fingerprint density at radius 1 is 1.15 bits per heavy atom. The summed E-state index contributed by atoms with van der Waals surface area (Å²) < 4.78 is 39.4. The predicted octanol–water partition coefficient (Wildman–Crippen LogP) is 4.07. The fourth-order valence-corrected chi connectivity index (χ4v) is 2.42. The van der Waals surface area contributed by atoms with Gasteiger partial charge in [0.05, 0.1) is 5.52 Å². The van der Waals surface area contributed by atoms with E-state index in [1.54, 1.807) is 31.3 Å². The first kappa shape index (κ1) is 17.9. The highest BCUT2D eigenvalue weighted by Crippen LogP contribution is 2.34. The van der Waals surface area contributed by atoms with Crippen molar-refractivity contribution in [2.45, 2.75) is 13.0 Å². The third kappa shape index (κ3) is 3.83. The van der Waals surface area contributed by atoms with Gasteiger partial charge in [-0.25, -0.2) is 8.78 Å². The molecule has 7 heteroatoms. The zero-order valence-corrected chi connectivity index (χ0v) is 14.4. The summed E-state index contributed by atoms with van der Waals surface area (Å²) in [5.41, 5.74) is 6.58. The van der Waals surface area contributed by atoms with Crippen LogP contribution >= 0.6 is 0 Å². The summed E-state index contributed by atoms with van der Waals surface area (Å²) in [6, 6.07) is 8.97. The van der Waals surface area contributed by atoms with Gasteiger partial charge < -0.3 is 20.5 Å². The number of hydrogen-bond acceptors (Lipinski definition) is 5. The molecule has 0 aliphatic heterocycles. The molecule has 0 fully saturated rings. The van der Waals surface area contributed by atoms with Crippen LogP contribution in [0, 0.1) is 11.6 Å². The molecule has 0 aliphatic rings. The van der Waals surface area contributed by atoms with Gasteiger partial charge in [-0.05, 0) is 25.1 Å². The van der Waals surface area contributed by atoms with Gasteiger partial charge in [-0.2, -0.15) is 0 Å². The number of nitrogens with two attached hydrogens (primary N) is 1. The lowest BCUT2D eigenvalue weighted by molar-refractivity contribution is 0.296. The molecule has 0 saturated carbocycles. The number of benzene rings is 2. The number of pyridine rings is 1. The summed E-state index contributed by atoms with van der Waals surface area (Å²) in [4.78, 5) is 4.25. The molecule has 0 aliphatic carbocycles. The standard InChI is InChI=1S/C19H19F2N3O2/c1-11(22)10-25-13-3-4-14-17(9-13)24-6-5-18(14)26-19-15(20)7-12(23-2)8-16(19)21/h3-9,11,23H,10,22H2,1-2H3/t11-/m1/s1. The van der Waals surface area contributed by atoms with Crippen molar-refractivity contribution in [2.75, 3.05) is 19.0 Å². The average molecular weight is 359 g/mol. The molecule has 0 bridgehead atoms. The van der Waals surface area contributed by atoms with E-state index < -0.39 is 17.4 Å². The average Bonchev–Trinajstić information content (AvgIpc) is 2.62. The van der Waals surface area contributed by atoms with Gasteiger partial charge in [0.2, 0.25) is 0 Å². The van der Waals surface area contributed by atoms with Gasteiger partial charge in [0, 0.05) is 48.6 Å². The number of hydrogen-bond donors (Lipinski definition) is 2. The Bertz CT molecular complexity index is 909. The second-order valence-electron chi connectivity index (χ2n) is 5.90. The normalized spacial score (nSPS) is 12.0. The van der Waals surface area contributed by atoms with Crippen molar-refractivity contribution < 1.29 is 18.3 Å². The Balaban J connectivity index is 1.94. The second kappa shape index (κ2) is 7.53. The molecule has 0 unspecified atom stereocenters. The van der Waals surface area contributed by atoms with Gasteiger partial charge in [0.15, 0.2) is 17.4 Å². The van der Waals surface area contributed by atoms with Crippen LogP contribution in [0.2, 0.25) is 0 Å². The lowest BCUT2D eigenvalue weighted by atomic mass is 10.2. The lowest BCUT2D eigenvalue weighted by Crippen LogP contribution is -2.23. The first-order valence-electron chi connectivity index (χ1n) is 8.09. The SMILES string of the molecule is CNc1cc(F)c(Oc2ccnc3cc(OC[C@@H](C)N)ccc23)c(F)c1. The minimum atomic E-state index is -0.795. The van der Waals surface area contributed by atoms with Crippen LogP contribution in [0.15, 0.2) is 42.6 Å². The molecule has 2 aromatic carbocycles. The fraction of sp³-hybridized carbons (Fsp3) is 0.211. The molecule has 3 rings (SSSR count). The Kier molecular flexibility index (Phi) is 5.18. The van der Waals surface area contributed by atoms with Gasteiger partial charge in [-0.1, -0.05) is 0 Å². The zero-order valence-electron chi connectivity index (χ0n) is 14.4. The van der Waals surface area contributed by atoms with Gasteiger partial charge in [0.1, 0.15) is 18.1 Å². The maximum absolute atomic E-state index is 14.2. The van der Waals surface area contributed by atoms with E-state index in [9.17, 15) is 8.78 Å². The van der Waals surface area contributed by atoms with Crippen LogP contribution < -0.4 is 20.5 Å². The van der Waals surface area contributed by atoms with Crippen molar-refractivity contribution in [3.63, 3.8) is 0 Å². The summed E-state index contributed by atoms with van der Waals surface area (Å²) in [6.45, 7) is 2.21. The number of aromatic nitrogens is 1. The minimum absolute atomic E-state index is 0.0974. The minimum Gasteiger partial charge on any atom is -0.492 e. The van der Waals surface area contributed by atoms with Gasteiger partial charge >= 0.3 is 0 Å². The number of halogens is 2. The van der Waals surface area contributed by atoms with Crippen molar-refractivity contribution in [1.29, 1.82) is 0 Å². The number of nitrogens with one attached hydrogen (secondary N) is 1. The van der Waals surface area contributed by atoms with E-state index in [-0.39, 0.29) is 6.04 Å². The molecule has 1 atom stereocenters. The molecule has 5 nitrogen and oxygen atoms in total. The Labute approximate surface area is 149 Å². The summed E-state index contributed by atoms with van der Waals surface area (Å²) in [7, 11) is 1.58. The zero-order chi connectivity index (χ0) is 18.7. The monoisotopic (exact) mass is 359 g/mol. The molecule has 0 saturated heterocycles. The molecule has 3 N–H and O–H groups in total.